The van der Waals surface area contributed by atoms with E-state index in [0.29, 0.717) is 28.6 Å². The molecule has 0 heterocycles. The Bertz CT molecular complexity index is 1450. The Kier molecular flexibility index (Phi) is 12.3. The average molecular weight is 646 g/mol. The molecule has 0 aromatic heterocycles. The van der Waals surface area contributed by atoms with Gasteiger partial charge in [0.2, 0.25) is 0 Å². The van der Waals surface area contributed by atoms with Crippen LogP contribution in [0.5, 0.6) is 5.75 Å². The van der Waals surface area contributed by atoms with Crippen LogP contribution in [-0.2, 0) is 33.1 Å². The van der Waals surface area contributed by atoms with Gasteiger partial charge in [-0.25, -0.2) is 0 Å². The highest BCUT2D eigenvalue weighted by Gasteiger charge is 2.38. The van der Waals surface area contributed by atoms with E-state index in [0.717, 1.165) is 17.5 Å². The molecule has 0 unspecified atom stereocenters. The average Bonchev–Trinajstić information content (AvgIpc) is 2.92. The molecule has 1 atom stereocenters. The van der Waals surface area contributed by atoms with E-state index in [9.17, 15) is 35.9 Å². The van der Waals surface area contributed by atoms with Crippen LogP contribution in [0.4, 0.5) is 32.0 Å². The molecule has 3 rings (SSSR count). The maximum absolute atomic E-state index is 12.9. The number of rotatable bonds is 7. The second kappa shape index (κ2) is 14.8. The summed E-state index contributed by atoms with van der Waals surface area (Å²) in [6.07, 6.45) is -10.2. The van der Waals surface area contributed by atoms with Gasteiger partial charge < -0.3 is 15.2 Å². The fourth-order valence-corrected chi connectivity index (χ4v) is 4.48. The van der Waals surface area contributed by atoms with Gasteiger partial charge in [-0.1, -0.05) is 63.1 Å². The van der Waals surface area contributed by atoms with E-state index < -0.39 is 47.4 Å². The number of anilines is 1. The Balaban J connectivity index is 0.000000308. The number of hydrogen-bond donors (Lipinski definition) is 1. The first-order valence-electron chi connectivity index (χ1n) is 13.6. The molecule has 3 aromatic carbocycles. The molecule has 0 aliphatic heterocycles. The Morgan fingerprint density at radius 2 is 1.45 bits per heavy atom. The van der Waals surface area contributed by atoms with Crippen LogP contribution in [-0.4, -0.2) is 11.9 Å². The van der Waals surface area contributed by atoms with Crippen molar-refractivity contribution in [1.29, 1.82) is 0 Å². The Morgan fingerprint density at radius 1 is 0.886 bits per heavy atom. The number of ether oxygens (including phenoxy) is 2. The number of alkyl halides is 6. The van der Waals surface area contributed by atoms with Gasteiger partial charge in [-0.2, -0.15) is 26.3 Å². The number of hydrogen-bond acceptors (Lipinski definition) is 5. The first kappa shape index (κ1) is 36.5. The predicted octanol–water partition coefficient (Wildman–Crippen LogP) is 9.76. The predicted molar refractivity (Wildman–Crippen MR) is 157 cm³/mol. The zero-order valence-electron chi connectivity index (χ0n) is 25.0. The van der Waals surface area contributed by atoms with E-state index in [4.69, 9.17) is 26.8 Å². The highest BCUT2D eigenvalue weighted by atomic mass is 35.5. The summed E-state index contributed by atoms with van der Waals surface area (Å²) < 4.78 is 87.3. The number of benzene rings is 3. The monoisotopic (exact) mass is 645 g/mol. The van der Waals surface area contributed by atoms with Crippen LogP contribution < -0.4 is 10.5 Å². The van der Waals surface area contributed by atoms with Gasteiger partial charge in [-0.3, -0.25) is 9.59 Å². The van der Waals surface area contributed by atoms with Crippen molar-refractivity contribution in [3.8, 4) is 16.9 Å². The lowest BCUT2D eigenvalue weighted by Crippen LogP contribution is -2.18. The minimum absolute atomic E-state index is 0.0334. The summed E-state index contributed by atoms with van der Waals surface area (Å²) in [6.45, 7) is 10.1. The van der Waals surface area contributed by atoms with Crippen molar-refractivity contribution in [2.45, 2.75) is 72.8 Å². The third-order valence-corrected chi connectivity index (χ3v) is 6.68. The number of esters is 2. The number of nitrogen functional groups attached to an aromatic ring is 1. The van der Waals surface area contributed by atoms with Crippen LogP contribution in [0.25, 0.3) is 11.1 Å². The number of carbonyl (C=O) groups is 2. The van der Waals surface area contributed by atoms with Gasteiger partial charge in [0, 0.05) is 24.6 Å². The number of nitrogens with two attached hydrogens (primary N) is 1. The first-order chi connectivity index (χ1) is 20.3. The summed E-state index contributed by atoms with van der Waals surface area (Å²) in [7, 11) is 0. The van der Waals surface area contributed by atoms with E-state index in [-0.39, 0.29) is 18.1 Å². The van der Waals surface area contributed by atoms with Crippen molar-refractivity contribution in [2.24, 2.45) is 5.92 Å². The minimum Gasteiger partial charge on any atom is -0.457 e. The summed E-state index contributed by atoms with van der Waals surface area (Å²) in [5.41, 5.74) is 7.71. The van der Waals surface area contributed by atoms with Crippen LogP contribution in [0.15, 0.2) is 48.5 Å². The number of halogens is 7. The molecule has 2 N–H and O–H groups in total. The third-order valence-electron chi connectivity index (χ3n) is 6.38. The SMILES string of the molecule is CCC(=O)O[C@H](c1cc(C(F)(F)F)cc(C(F)(F)F)c1)C(C)C.CCc1cc(C)ccc1-c1cc(OC(C)=O)c(Cl)cc1N. The Morgan fingerprint density at radius 3 is 1.91 bits per heavy atom. The number of aryl methyl sites for hydroxylation is 2. The molecule has 5 nitrogen and oxygen atoms in total. The molecule has 0 bridgehead atoms. The standard InChI is InChI=1S/C17H18ClNO2.C15H16F6O2/c1-4-12-7-10(2)5-6-13(12)14-8-17(21-11(3)20)15(18)9-16(14)19;1-4-12(22)23-13(8(2)3)9-5-10(14(16,17)18)7-11(6-9)15(19,20)21/h5-9H,4,19H2,1-3H3;5-8,13H,4H2,1-3H3/t;13-/m.0/s1. The largest absolute Gasteiger partial charge is 0.457 e. The molecule has 44 heavy (non-hydrogen) atoms. The smallest absolute Gasteiger partial charge is 0.416 e. The molecule has 0 radical (unpaired) electrons. The van der Waals surface area contributed by atoms with Crippen molar-refractivity contribution >= 4 is 29.2 Å². The second-order valence-electron chi connectivity index (χ2n) is 10.3. The van der Waals surface area contributed by atoms with Gasteiger partial charge in [0.25, 0.3) is 0 Å². The van der Waals surface area contributed by atoms with Gasteiger partial charge >= 0.3 is 24.3 Å². The third kappa shape index (κ3) is 9.90. The summed E-state index contributed by atoms with van der Waals surface area (Å²) in [5, 5.41) is 0.330. The van der Waals surface area contributed by atoms with Crippen LogP contribution in [0.2, 0.25) is 5.02 Å². The maximum atomic E-state index is 12.9. The molecular weight excluding hydrogens is 612 g/mol. The van der Waals surface area contributed by atoms with E-state index >= 15 is 0 Å². The molecule has 0 saturated heterocycles. The molecule has 0 spiro atoms. The molecule has 0 aliphatic carbocycles. The van der Waals surface area contributed by atoms with Crippen molar-refractivity contribution in [2.75, 3.05) is 5.73 Å². The van der Waals surface area contributed by atoms with Gasteiger partial charge in [-0.05, 0) is 66.3 Å². The van der Waals surface area contributed by atoms with Gasteiger partial charge in [0.1, 0.15) is 11.9 Å². The van der Waals surface area contributed by atoms with E-state index in [1.165, 1.54) is 25.0 Å². The maximum Gasteiger partial charge on any atom is 0.416 e. The zero-order chi connectivity index (χ0) is 33.6. The lowest BCUT2D eigenvalue weighted by atomic mass is 9.94. The highest BCUT2D eigenvalue weighted by molar-refractivity contribution is 6.32. The van der Waals surface area contributed by atoms with Crippen LogP contribution in [0.1, 0.15) is 75.0 Å². The summed E-state index contributed by atoms with van der Waals surface area (Å²) in [6, 6.07) is 10.8. The van der Waals surface area contributed by atoms with Crippen molar-refractivity contribution in [3.05, 3.63) is 81.4 Å². The second-order valence-corrected chi connectivity index (χ2v) is 10.7. The number of carbonyl (C=O) groups excluding carboxylic acids is 2. The van der Waals surface area contributed by atoms with E-state index in [1.807, 2.05) is 12.1 Å². The van der Waals surface area contributed by atoms with Crippen LogP contribution >= 0.6 is 11.6 Å². The topological polar surface area (TPSA) is 78.6 Å². The lowest BCUT2D eigenvalue weighted by Gasteiger charge is -2.24. The summed E-state index contributed by atoms with van der Waals surface area (Å²) in [5.74, 6) is -1.27. The van der Waals surface area contributed by atoms with Gasteiger partial charge in [0.15, 0.2) is 0 Å². The molecule has 12 heteroatoms. The fourth-order valence-electron chi connectivity index (χ4n) is 4.27. The lowest BCUT2D eigenvalue weighted by molar-refractivity contribution is -0.151. The van der Waals surface area contributed by atoms with Gasteiger partial charge in [0.05, 0.1) is 16.1 Å². The molecular formula is C32H34ClF6NO4. The normalized spacial score (nSPS) is 12.3. The summed E-state index contributed by atoms with van der Waals surface area (Å²) in [4.78, 5) is 22.6. The minimum atomic E-state index is -4.94. The molecule has 0 amide bonds. The molecule has 3 aromatic rings. The Labute approximate surface area is 257 Å². The Hall–Kier alpha value is -3.73. The van der Waals surface area contributed by atoms with Crippen LogP contribution in [0.3, 0.4) is 0 Å². The fraction of sp³-hybridized carbons (Fsp3) is 0.375. The van der Waals surface area contributed by atoms with Crippen molar-refractivity contribution in [3.63, 3.8) is 0 Å². The van der Waals surface area contributed by atoms with Crippen LogP contribution in [0, 0.1) is 12.8 Å². The quantitative estimate of drug-likeness (QED) is 0.120. The molecule has 0 aliphatic rings. The molecule has 0 saturated carbocycles. The molecule has 240 valence electrons. The van der Waals surface area contributed by atoms with E-state index in [1.54, 1.807) is 26.0 Å². The van der Waals surface area contributed by atoms with Crippen molar-refractivity contribution in [1.82, 2.24) is 0 Å². The highest BCUT2D eigenvalue weighted by Crippen LogP contribution is 2.40. The summed E-state index contributed by atoms with van der Waals surface area (Å²) >= 11 is 6.07. The van der Waals surface area contributed by atoms with Gasteiger partial charge in [-0.15, -0.1) is 0 Å². The first-order valence-corrected chi connectivity index (χ1v) is 14.0. The zero-order valence-corrected chi connectivity index (χ0v) is 25.8. The van der Waals surface area contributed by atoms with Crippen molar-refractivity contribution < 1.29 is 45.4 Å². The molecule has 0 fully saturated rings. The van der Waals surface area contributed by atoms with E-state index in [2.05, 4.69) is 19.9 Å².